The highest BCUT2D eigenvalue weighted by molar-refractivity contribution is 9.10. The van der Waals surface area contributed by atoms with Crippen LogP contribution in [0.2, 0.25) is 0 Å². The molecule has 1 saturated carbocycles. The zero-order chi connectivity index (χ0) is 9.64. The Labute approximate surface area is 85.6 Å². The molecule has 0 spiro atoms. The molecule has 0 bridgehead atoms. The number of aromatic nitrogens is 3. The molecule has 0 saturated heterocycles. The monoisotopic (exact) mass is 244 g/mol. The molecule has 0 amide bonds. The third-order valence-electron chi connectivity index (χ3n) is 2.91. The smallest absolute Gasteiger partial charge is 0.153 e. The van der Waals surface area contributed by atoms with E-state index < -0.39 is 0 Å². The van der Waals surface area contributed by atoms with Crippen molar-refractivity contribution in [3.8, 4) is 0 Å². The highest BCUT2D eigenvalue weighted by Crippen LogP contribution is 2.53. The summed E-state index contributed by atoms with van der Waals surface area (Å²) >= 11 is 3.36. The molecule has 4 nitrogen and oxygen atoms in total. The standard InChI is InChI=1S/C8H13BrN4/c1-8(3-4-8)6(10)5-7(9)11-12-13(5)2/h6H,3-4,10H2,1-2H3. The number of nitrogens with zero attached hydrogens (tertiary/aromatic N) is 3. The molecule has 1 aliphatic rings. The van der Waals surface area contributed by atoms with Gasteiger partial charge in [-0.2, -0.15) is 0 Å². The van der Waals surface area contributed by atoms with Gasteiger partial charge in [0.25, 0.3) is 0 Å². The summed E-state index contributed by atoms with van der Waals surface area (Å²) in [5.74, 6) is 0. The first-order chi connectivity index (χ1) is 6.04. The van der Waals surface area contributed by atoms with Crippen LogP contribution in [-0.2, 0) is 7.05 Å². The average Bonchev–Trinajstić information content (AvgIpc) is 2.73. The molecule has 13 heavy (non-hydrogen) atoms. The summed E-state index contributed by atoms with van der Waals surface area (Å²) in [6.45, 7) is 2.21. The zero-order valence-corrected chi connectivity index (χ0v) is 9.37. The fourth-order valence-corrected chi connectivity index (χ4v) is 2.08. The summed E-state index contributed by atoms with van der Waals surface area (Å²) in [7, 11) is 1.87. The quantitative estimate of drug-likeness (QED) is 0.856. The van der Waals surface area contributed by atoms with Gasteiger partial charge in [-0.3, -0.25) is 0 Å². The Kier molecular flexibility index (Phi) is 1.96. The van der Waals surface area contributed by atoms with Gasteiger partial charge in [-0.05, 0) is 34.2 Å². The van der Waals surface area contributed by atoms with Crippen LogP contribution in [0.25, 0.3) is 0 Å². The van der Waals surface area contributed by atoms with Crippen molar-refractivity contribution in [2.75, 3.05) is 0 Å². The van der Waals surface area contributed by atoms with Crippen molar-refractivity contribution < 1.29 is 0 Å². The topological polar surface area (TPSA) is 56.7 Å². The van der Waals surface area contributed by atoms with Crippen LogP contribution in [0.3, 0.4) is 0 Å². The molecule has 2 N–H and O–H groups in total. The lowest BCUT2D eigenvalue weighted by molar-refractivity contribution is 0.424. The van der Waals surface area contributed by atoms with Crippen molar-refractivity contribution in [1.29, 1.82) is 0 Å². The van der Waals surface area contributed by atoms with E-state index in [0.29, 0.717) is 0 Å². The van der Waals surface area contributed by atoms with Crippen molar-refractivity contribution >= 4 is 15.9 Å². The molecular weight excluding hydrogens is 232 g/mol. The normalized spacial score (nSPS) is 21.5. The third kappa shape index (κ3) is 1.40. The van der Waals surface area contributed by atoms with Crippen LogP contribution in [0.5, 0.6) is 0 Å². The van der Waals surface area contributed by atoms with Gasteiger partial charge in [-0.1, -0.05) is 12.1 Å². The van der Waals surface area contributed by atoms with Gasteiger partial charge in [0.2, 0.25) is 0 Å². The maximum atomic E-state index is 6.15. The molecule has 1 heterocycles. The van der Waals surface area contributed by atoms with Crippen LogP contribution >= 0.6 is 15.9 Å². The van der Waals surface area contributed by atoms with Crippen molar-refractivity contribution in [2.24, 2.45) is 18.2 Å². The van der Waals surface area contributed by atoms with Crippen molar-refractivity contribution in [3.05, 3.63) is 10.3 Å². The molecule has 2 rings (SSSR count). The predicted molar refractivity (Wildman–Crippen MR) is 53.0 cm³/mol. The first kappa shape index (κ1) is 9.15. The number of hydrogen-bond donors (Lipinski definition) is 1. The Balaban J connectivity index is 2.34. The van der Waals surface area contributed by atoms with E-state index in [1.54, 1.807) is 4.68 Å². The summed E-state index contributed by atoms with van der Waals surface area (Å²) in [6.07, 6.45) is 2.40. The van der Waals surface area contributed by atoms with Crippen LogP contribution < -0.4 is 5.73 Å². The molecule has 72 valence electrons. The first-order valence-electron chi connectivity index (χ1n) is 4.35. The van der Waals surface area contributed by atoms with E-state index in [0.717, 1.165) is 10.3 Å². The SMILES string of the molecule is Cn1nnc(Br)c1C(N)C1(C)CC1. The molecule has 0 radical (unpaired) electrons. The largest absolute Gasteiger partial charge is 0.322 e. The van der Waals surface area contributed by atoms with E-state index in [1.165, 1.54) is 12.8 Å². The minimum absolute atomic E-state index is 0.0434. The van der Waals surface area contributed by atoms with Gasteiger partial charge in [-0.15, -0.1) is 5.10 Å². The van der Waals surface area contributed by atoms with Gasteiger partial charge in [0.1, 0.15) is 0 Å². The Morgan fingerprint density at radius 3 is 2.62 bits per heavy atom. The maximum Gasteiger partial charge on any atom is 0.153 e. The molecule has 1 aromatic heterocycles. The molecule has 0 aliphatic heterocycles. The van der Waals surface area contributed by atoms with E-state index in [2.05, 4.69) is 33.2 Å². The van der Waals surface area contributed by atoms with Crippen molar-refractivity contribution in [3.63, 3.8) is 0 Å². The molecule has 1 aliphatic carbocycles. The summed E-state index contributed by atoms with van der Waals surface area (Å²) < 4.78 is 2.52. The highest BCUT2D eigenvalue weighted by Gasteiger charge is 2.45. The van der Waals surface area contributed by atoms with Crippen molar-refractivity contribution in [1.82, 2.24) is 15.0 Å². The second kappa shape index (κ2) is 2.78. The van der Waals surface area contributed by atoms with Crippen LogP contribution in [0.15, 0.2) is 4.60 Å². The van der Waals surface area contributed by atoms with Crippen LogP contribution in [0.4, 0.5) is 0 Å². The fraction of sp³-hybridized carbons (Fsp3) is 0.750. The summed E-state index contributed by atoms with van der Waals surface area (Å²) in [6, 6.07) is 0.0434. The summed E-state index contributed by atoms with van der Waals surface area (Å²) in [5.41, 5.74) is 7.41. The molecule has 1 unspecified atom stereocenters. The molecular formula is C8H13BrN4. The lowest BCUT2D eigenvalue weighted by Crippen LogP contribution is -2.23. The minimum atomic E-state index is 0.0434. The molecule has 0 aromatic carbocycles. The Hall–Kier alpha value is -0.420. The van der Waals surface area contributed by atoms with E-state index in [4.69, 9.17) is 5.73 Å². The zero-order valence-electron chi connectivity index (χ0n) is 7.79. The second-order valence-corrected chi connectivity index (χ2v) is 4.77. The van der Waals surface area contributed by atoms with Gasteiger partial charge >= 0.3 is 0 Å². The van der Waals surface area contributed by atoms with Crippen LogP contribution in [-0.4, -0.2) is 15.0 Å². The van der Waals surface area contributed by atoms with E-state index in [9.17, 15) is 0 Å². The lowest BCUT2D eigenvalue weighted by Gasteiger charge is -2.18. The Bertz CT molecular complexity index is 309. The van der Waals surface area contributed by atoms with E-state index in [1.807, 2.05) is 7.05 Å². The summed E-state index contributed by atoms with van der Waals surface area (Å²) in [4.78, 5) is 0. The summed E-state index contributed by atoms with van der Waals surface area (Å²) in [5, 5.41) is 7.85. The van der Waals surface area contributed by atoms with Gasteiger partial charge in [0.05, 0.1) is 11.7 Å². The number of hydrogen-bond acceptors (Lipinski definition) is 3. The molecule has 1 aromatic rings. The first-order valence-corrected chi connectivity index (χ1v) is 5.14. The second-order valence-electron chi connectivity index (χ2n) is 4.02. The average molecular weight is 245 g/mol. The van der Waals surface area contributed by atoms with Gasteiger partial charge < -0.3 is 5.73 Å². The highest BCUT2D eigenvalue weighted by atomic mass is 79.9. The van der Waals surface area contributed by atoms with Gasteiger partial charge in [0.15, 0.2) is 4.60 Å². The van der Waals surface area contributed by atoms with Gasteiger partial charge in [-0.25, -0.2) is 4.68 Å². The number of halogens is 1. The predicted octanol–water partition coefficient (Wildman–Crippen LogP) is 1.38. The number of rotatable bonds is 2. The molecule has 1 atom stereocenters. The maximum absolute atomic E-state index is 6.15. The third-order valence-corrected chi connectivity index (χ3v) is 3.48. The Morgan fingerprint density at radius 2 is 2.23 bits per heavy atom. The fourth-order valence-electron chi connectivity index (χ4n) is 1.51. The minimum Gasteiger partial charge on any atom is -0.322 e. The lowest BCUT2D eigenvalue weighted by atomic mass is 9.97. The van der Waals surface area contributed by atoms with Crippen LogP contribution in [0, 0.1) is 5.41 Å². The molecule has 1 fully saturated rings. The Morgan fingerprint density at radius 1 is 1.62 bits per heavy atom. The van der Waals surface area contributed by atoms with Crippen LogP contribution in [0.1, 0.15) is 31.5 Å². The van der Waals surface area contributed by atoms with E-state index >= 15 is 0 Å². The molecule has 5 heteroatoms. The number of aryl methyl sites for hydroxylation is 1. The van der Waals surface area contributed by atoms with Crippen molar-refractivity contribution in [2.45, 2.75) is 25.8 Å². The number of nitrogens with two attached hydrogens (primary N) is 1. The van der Waals surface area contributed by atoms with E-state index in [-0.39, 0.29) is 11.5 Å². The van der Waals surface area contributed by atoms with Gasteiger partial charge in [0, 0.05) is 7.05 Å².